The Morgan fingerprint density at radius 1 is 0.964 bits per heavy atom. The summed E-state index contributed by atoms with van der Waals surface area (Å²) in [5, 5.41) is 0. The third kappa shape index (κ3) is 4.18. The van der Waals surface area contributed by atoms with Crippen LogP contribution in [0.4, 0.5) is 5.82 Å². The van der Waals surface area contributed by atoms with E-state index in [1.54, 1.807) is 0 Å². The van der Waals surface area contributed by atoms with Crippen molar-refractivity contribution in [1.29, 1.82) is 0 Å². The lowest BCUT2D eigenvalue weighted by atomic mass is 9.99. The van der Waals surface area contributed by atoms with Gasteiger partial charge in [-0.25, -0.2) is 4.98 Å². The molecule has 1 aliphatic carbocycles. The Hall–Kier alpha value is -2.85. The zero-order valence-electron chi connectivity index (χ0n) is 16.4. The Balaban J connectivity index is 1.42. The maximum Gasteiger partial charge on any atom is 0.124 e. The first-order valence-electron chi connectivity index (χ1n) is 9.93. The smallest absolute Gasteiger partial charge is 0.124 e. The third-order valence-electron chi connectivity index (χ3n) is 5.31. The molecular weight excluding hydrogens is 346 g/mol. The number of nitrogens with zero attached hydrogens (tertiary/aromatic N) is 2. The molecule has 4 nitrogen and oxygen atoms in total. The highest BCUT2D eigenvalue weighted by Gasteiger charge is 2.21. The zero-order valence-corrected chi connectivity index (χ0v) is 16.4. The lowest BCUT2D eigenvalue weighted by Gasteiger charge is -2.19. The van der Waals surface area contributed by atoms with E-state index in [2.05, 4.69) is 59.4 Å². The van der Waals surface area contributed by atoms with Crippen LogP contribution >= 0.6 is 0 Å². The van der Waals surface area contributed by atoms with Gasteiger partial charge in [0.05, 0.1) is 5.69 Å². The minimum atomic E-state index is 0.561. The van der Waals surface area contributed by atoms with Crippen molar-refractivity contribution >= 4 is 5.82 Å². The largest absolute Gasteiger partial charge is 0.492 e. The van der Waals surface area contributed by atoms with Crippen LogP contribution in [0.25, 0.3) is 11.3 Å². The van der Waals surface area contributed by atoms with Gasteiger partial charge in [-0.1, -0.05) is 36.4 Å². The van der Waals surface area contributed by atoms with Crippen molar-refractivity contribution in [2.45, 2.75) is 25.8 Å². The average molecular weight is 374 g/mol. The van der Waals surface area contributed by atoms with Gasteiger partial charge >= 0.3 is 0 Å². The van der Waals surface area contributed by atoms with Crippen molar-refractivity contribution in [1.82, 2.24) is 9.88 Å². The van der Waals surface area contributed by atoms with Gasteiger partial charge in [0.25, 0.3) is 0 Å². The van der Waals surface area contributed by atoms with E-state index >= 15 is 0 Å². The Morgan fingerprint density at radius 3 is 2.61 bits per heavy atom. The Morgan fingerprint density at radius 2 is 1.79 bits per heavy atom. The van der Waals surface area contributed by atoms with Crippen molar-refractivity contribution in [2.75, 3.05) is 25.9 Å². The highest BCUT2D eigenvalue weighted by molar-refractivity contribution is 5.69. The molecule has 0 atom stereocenters. The van der Waals surface area contributed by atoms with E-state index in [9.17, 15) is 0 Å². The van der Waals surface area contributed by atoms with Crippen molar-refractivity contribution in [3.05, 3.63) is 77.4 Å². The van der Waals surface area contributed by atoms with Gasteiger partial charge < -0.3 is 10.5 Å². The number of ether oxygens (including phenoxy) is 1. The Kier molecular flexibility index (Phi) is 5.58. The fraction of sp³-hybridized carbons (Fsp3) is 0.292. The van der Waals surface area contributed by atoms with Crippen LogP contribution in [0, 0.1) is 0 Å². The second-order valence-corrected chi connectivity index (χ2v) is 7.44. The number of rotatable bonds is 7. The van der Waals surface area contributed by atoms with Crippen molar-refractivity contribution in [3.8, 4) is 17.0 Å². The molecule has 2 N–H and O–H groups in total. The highest BCUT2D eigenvalue weighted by atomic mass is 16.5. The summed E-state index contributed by atoms with van der Waals surface area (Å²) in [6.45, 7) is 2.51. The number of nitrogens with two attached hydrogens (primary N) is 1. The number of pyridine rings is 1. The maximum absolute atomic E-state index is 6.19. The summed E-state index contributed by atoms with van der Waals surface area (Å²) in [6.07, 6.45) is 3.31. The number of likely N-dealkylation sites (N-methyl/N-ethyl adjacent to an activating group) is 1. The molecule has 1 aliphatic rings. The van der Waals surface area contributed by atoms with E-state index < -0.39 is 0 Å². The van der Waals surface area contributed by atoms with E-state index in [-0.39, 0.29) is 0 Å². The van der Waals surface area contributed by atoms with Crippen LogP contribution in [0.5, 0.6) is 5.75 Å². The number of hydrogen-bond acceptors (Lipinski definition) is 4. The van der Waals surface area contributed by atoms with Gasteiger partial charge in [0.1, 0.15) is 18.2 Å². The molecule has 144 valence electrons. The lowest BCUT2D eigenvalue weighted by molar-refractivity contribution is 0.231. The van der Waals surface area contributed by atoms with Crippen LogP contribution in [-0.4, -0.2) is 30.1 Å². The number of nitrogen functional groups attached to an aromatic ring is 1. The first kappa shape index (κ1) is 18.5. The third-order valence-corrected chi connectivity index (χ3v) is 5.31. The molecular formula is C24H27N3O. The molecule has 0 radical (unpaired) electrons. The molecule has 3 aromatic rings. The summed E-state index contributed by atoms with van der Waals surface area (Å²) in [5.41, 5.74) is 12.1. The molecule has 1 aromatic heterocycles. The Bertz CT molecular complexity index is 940. The van der Waals surface area contributed by atoms with Gasteiger partial charge in [-0.2, -0.15) is 0 Å². The first-order chi connectivity index (χ1) is 13.7. The lowest BCUT2D eigenvalue weighted by Crippen LogP contribution is -2.24. The minimum absolute atomic E-state index is 0.561. The van der Waals surface area contributed by atoms with Gasteiger partial charge in [0.15, 0.2) is 0 Å². The summed E-state index contributed by atoms with van der Waals surface area (Å²) < 4.78 is 6.19. The normalized spacial score (nSPS) is 12.9. The number of benzene rings is 2. The number of anilines is 1. The van der Waals surface area contributed by atoms with Crippen LogP contribution < -0.4 is 10.5 Å². The second kappa shape index (κ2) is 8.44. The van der Waals surface area contributed by atoms with Crippen LogP contribution in [0.15, 0.2) is 60.7 Å². The van der Waals surface area contributed by atoms with E-state index in [1.807, 2.05) is 18.2 Å². The fourth-order valence-corrected chi connectivity index (χ4v) is 3.94. The molecule has 0 unspecified atom stereocenters. The standard InChI is InChI=1S/C24H27N3O/c1-27(17-18-7-3-2-4-8-18)15-16-28-23-14-13-20(19-9-5-10-21(19)23)22-11-6-12-24(25)26-22/h2-4,6-8,11-14H,5,9-10,15-17H2,1H3,(H2,25,26). The molecule has 28 heavy (non-hydrogen) atoms. The molecule has 2 aromatic carbocycles. The van der Waals surface area contributed by atoms with Crippen molar-refractivity contribution in [2.24, 2.45) is 0 Å². The molecule has 0 spiro atoms. The monoisotopic (exact) mass is 373 g/mol. The van der Waals surface area contributed by atoms with E-state index in [4.69, 9.17) is 10.5 Å². The number of fused-ring (bicyclic) bond motifs is 1. The summed E-state index contributed by atoms with van der Waals surface area (Å²) >= 11 is 0. The predicted molar refractivity (Wildman–Crippen MR) is 114 cm³/mol. The summed E-state index contributed by atoms with van der Waals surface area (Å²) in [7, 11) is 2.13. The summed E-state index contributed by atoms with van der Waals surface area (Å²) in [6, 6.07) is 20.6. The summed E-state index contributed by atoms with van der Waals surface area (Å²) in [5.74, 6) is 1.58. The molecule has 0 amide bonds. The maximum atomic E-state index is 6.19. The van der Waals surface area contributed by atoms with Gasteiger partial charge in [-0.3, -0.25) is 4.90 Å². The predicted octanol–water partition coefficient (Wildman–Crippen LogP) is 4.33. The number of hydrogen-bond donors (Lipinski definition) is 1. The minimum Gasteiger partial charge on any atom is -0.492 e. The highest BCUT2D eigenvalue weighted by Crippen LogP contribution is 2.37. The SMILES string of the molecule is CN(CCOc1ccc(-c2cccc(N)n2)c2c1CCC2)Cc1ccccc1. The quantitative estimate of drug-likeness (QED) is 0.670. The molecule has 4 heteroatoms. The molecule has 0 saturated heterocycles. The van der Waals surface area contributed by atoms with Crippen LogP contribution in [0.3, 0.4) is 0 Å². The van der Waals surface area contributed by atoms with Crippen molar-refractivity contribution < 1.29 is 4.74 Å². The number of aromatic nitrogens is 1. The molecule has 0 bridgehead atoms. The van der Waals surface area contributed by atoms with E-state index in [0.29, 0.717) is 12.4 Å². The molecule has 4 rings (SSSR count). The average Bonchev–Trinajstić information content (AvgIpc) is 3.19. The summed E-state index contributed by atoms with van der Waals surface area (Å²) in [4.78, 5) is 6.80. The molecule has 0 saturated carbocycles. The fourth-order valence-electron chi connectivity index (χ4n) is 3.94. The first-order valence-corrected chi connectivity index (χ1v) is 9.93. The molecule has 0 fully saturated rings. The van der Waals surface area contributed by atoms with Crippen LogP contribution in [0.1, 0.15) is 23.1 Å². The van der Waals surface area contributed by atoms with Gasteiger partial charge in [-0.15, -0.1) is 0 Å². The van der Waals surface area contributed by atoms with Gasteiger partial charge in [0, 0.05) is 18.7 Å². The van der Waals surface area contributed by atoms with E-state index in [0.717, 1.165) is 37.4 Å². The van der Waals surface area contributed by atoms with Crippen molar-refractivity contribution in [3.63, 3.8) is 0 Å². The van der Waals surface area contributed by atoms with Crippen LogP contribution in [-0.2, 0) is 19.4 Å². The molecule has 1 heterocycles. The molecule has 0 aliphatic heterocycles. The van der Waals surface area contributed by atoms with Gasteiger partial charge in [-0.05, 0) is 67.3 Å². The second-order valence-electron chi connectivity index (χ2n) is 7.44. The Labute approximate surface area is 167 Å². The van der Waals surface area contributed by atoms with E-state index in [1.165, 1.54) is 28.7 Å². The van der Waals surface area contributed by atoms with Crippen LogP contribution in [0.2, 0.25) is 0 Å². The topological polar surface area (TPSA) is 51.4 Å². The zero-order chi connectivity index (χ0) is 19.3. The van der Waals surface area contributed by atoms with Gasteiger partial charge in [0.2, 0.25) is 0 Å².